The summed E-state index contributed by atoms with van der Waals surface area (Å²) in [6, 6.07) is 15.7. The molecule has 0 aromatic heterocycles. The summed E-state index contributed by atoms with van der Waals surface area (Å²) in [5, 5.41) is 12.1. The molecule has 2 aromatic rings. The van der Waals surface area contributed by atoms with Crippen molar-refractivity contribution in [3.63, 3.8) is 0 Å². The summed E-state index contributed by atoms with van der Waals surface area (Å²) < 4.78 is 5.60. The maximum Gasteiger partial charge on any atom is 0.407 e. The van der Waals surface area contributed by atoms with Crippen LogP contribution < -0.4 is 5.32 Å². The van der Waals surface area contributed by atoms with Crippen molar-refractivity contribution < 1.29 is 19.4 Å². The lowest BCUT2D eigenvalue weighted by atomic mass is 9.98. The van der Waals surface area contributed by atoms with Crippen molar-refractivity contribution in [2.24, 2.45) is 5.92 Å². The first-order valence-electron chi connectivity index (χ1n) is 10.6. The minimum absolute atomic E-state index is 0.0169. The predicted octanol–water partition coefficient (Wildman–Crippen LogP) is 3.10. The predicted molar refractivity (Wildman–Crippen MR) is 122 cm³/mol. The molecule has 1 saturated heterocycles. The second kappa shape index (κ2) is 9.75. The Morgan fingerprint density at radius 1 is 1.16 bits per heavy atom. The maximum atomic E-state index is 12.9. The Hall–Kier alpha value is -2.51. The monoisotopic (exact) mass is 440 g/mol. The molecule has 0 saturated carbocycles. The second-order valence-corrected chi connectivity index (χ2v) is 9.01. The van der Waals surface area contributed by atoms with Gasteiger partial charge in [0.1, 0.15) is 12.6 Å². The van der Waals surface area contributed by atoms with Crippen LogP contribution in [0.5, 0.6) is 0 Å². The van der Waals surface area contributed by atoms with E-state index in [1.165, 1.54) is 22.9 Å². The number of aliphatic hydroxyl groups excluding tert-OH is 1. The van der Waals surface area contributed by atoms with Gasteiger partial charge in [-0.05, 0) is 34.9 Å². The number of carbonyl (C=O) groups excluding carboxylic acids is 2. The molecule has 2 atom stereocenters. The van der Waals surface area contributed by atoms with Gasteiger partial charge in [-0.15, -0.1) is 0 Å². The van der Waals surface area contributed by atoms with Crippen molar-refractivity contribution in [1.82, 2.24) is 10.2 Å². The highest BCUT2D eigenvalue weighted by atomic mass is 32.2. The molecule has 0 radical (unpaired) electrons. The number of hydrogen-bond donors (Lipinski definition) is 2. The van der Waals surface area contributed by atoms with E-state index in [9.17, 15) is 14.7 Å². The number of benzene rings is 2. The van der Waals surface area contributed by atoms with Gasteiger partial charge in [0.25, 0.3) is 0 Å². The molecule has 1 heterocycles. The van der Waals surface area contributed by atoms with Crippen LogP contribution in [0.3, 0.4) is 0 Å². The van der Waals surface area contributed by atoms with E-state index in [4.69, 9.17) is 4.74 Å². The first-order valence-corrected chi connectivity index (χ1v) is 12.0. The highest BCUT2D eigenvalue weighted by molar-refractivity contribution is 7.98. The largest absolute Gasteiger partial charge is 0.449 e. The number of thioether (sulfide) groups is 1. The number of aliphatic hydroxyl groups is 1. The average Bonchev–Trinajstić information content (AvgIpc) is 3.40. The number of hydrogen-bond acceptors (Lipinski definition) is 5. The van der Waals surface area contributed by atoms with Crippen LogP contribution in [0.4, 0.5) is 4.79 Å². The zero-order valence-corrected chi connectivity index (χ0v) is 18.4. The molecule has 1 aliphatic heterocycles. The summed E-state index contributed by atoms with van der Waals surface area (Å²) in [5.74, 6) is 0.465. The van der Waals surface area contributed by atoms with E-state index in [0.717, 1.165) is 17.5 Å². The average molecular weight is 441 g/mol. The van der Waals surface area contributed by atoms with Crippen LogP contribution in [-0.2, 0) is 9.53 Å². The molecule has 2 unspecified atom stereocenters. The van der Waals surface area contributed by atoms with Crippen molar-refractivity contribution in [2.45, 2.75) is 18.4 Å². The fraction of sp³-hybridized carbons (Fsp3) is 0.417. The zero-order chi connectivity index (χ0) is 21.8. The zero-order valence-electron chi connectivity index (χ0n) is 17.6. The fourth-order valence-electron chi connectivity index (χ4n) is 4.53. The van der Waals surface area contributed by atoms with Crippen LogP contribution in [0.25, 0.3) is 11.1 Å². The first-order chi connectivity index (χ1) is 15.1. The Kier molecular flexibility index (Phi) is 6.83. The molecule has 2 aliphatic rings. The van der Waals surface area contributed by atoms with Crippen LogP contribution in [0.1, 0.15) is 23.5 Å². The lowest BCUT2D eigenvalue weighted by molar-refractivity contribution is -0.131. The molecule has 0 bridgehead atoms. The van der Waals surface area contributed by atoms with E-state index >= 15 is 0 Å². The molecule has 1 fully saturated rings. The number of carbonyl (C=O) groups is 2. The minimum Gasteiger partial charge on any atom is -0.449 e. The van der Waals surface area contributed by atoms with Crippen LogP contribution in [0.2, 0.25) is 0 Å². The summed E-state index contributed by atoms with van der Waals surface area (Å²) >= 11 is 1.50. The van der Waals surface area contributed by atoms with Gasteiger partial charge < -0.3 is 20.1 Å². The highest BCUT2D eigenvalue weighted by Gasteiger charge is 2.33. The molecule has 2 amide bonds. The maximum absolute atomic E-state index is 12.9. The number of amides is 2. The lowest BCUT2D eigenvalue weighted by Crippen LogP contribution is -2.49. The number of likely N-dealkylation sites (tertiary alicyclic amines) is 1. The summed E-state index contributed by atoms with van der Waals surface area (Å²) in [7, 11) is 0. The van der Waals surface area contributed by atoms with Crippen molar-refractivity contribution in [1.29, 1.82) is 0 Å². The SMILES string of the molecule is CSCC(NC(=O)OCC1c2ccccc2-c2ccccc21)C(=O)N1CCC(CO)C1. The molecule has 2 N–H and O–H groups in total. The standard InChI is InChI=1S/C24H28N2O4S/c1-31-15-22(23(28)26-11-10-16(12-26)13-27)25-24(29)30-14-21-19-8-4-2-6-17(19)18-7-3-5-9-20(18)21/h2-9,16,21-22,27H,10-15H2,1H3,(H,25,29). The van der Waals surface area contributed by atoms with Gasteiger partial charge >= 0.3 is 6.09 Å². The van der Waals surface area contributed by atoms with Gasteiger partial charge in [0.05, 0.1) is 0 Å². The third-order valence-corrected chi connectivity index (χ3v) is 6.79. The summed E-state index contributed by atoms with van der Waals surface area (Å²) in [6.07, 6.45) is 2.12. The molecular weight excluding hydrogens is 412 g/mol. The number of ether oxygens (including phenoxy) is 1. The summed E-state index contributed by atoms with van der Waals surface area (Å²) in [5.41, 5.74) is 4.66. The quantitative estimate of drug-likeness (QED) is 0.692. The highest BCUT2D eigenvalue weighted by Crippen LogP contribution is 2.44. The van der Waals surface area contributed by atoms with E-state index < -0.39 is 12.1 Å². The van der Waals surface area contributed by atoms with Gasteiger partial charge in [0.15, 0.2) is 0 Å². The summed E-state index contributed by atoms with van der Waals surface area (Å²) in [6.45, 7) is 1.45. The molecule has 4 rings (SSSR count). The summed E-state index contributed by atoms with van der Waals surface area (Å²) in [4.78, 5) is 27.2. The van der Waals surface area contributed by atoms with Crippen molar-refractivity contribution in [2.75, 3.05) is 38.3 Å². The van der Waals surface area contributed by atoms with E-state index in [0.29, 0.717) is 18.8 Å². The van der Waals surface area contributed by atoms with Gasteiger partial charge in [-0.1, -0.05) is 48.5 Å². The van der Waals surface area contributed by atoms with Crippen LogP contribution >= 0.6 is 11.8 Å². The van der Waals surface area contributed by atoms with Gasteiger partial charge in [0, 0.05) is 37.3 Å². The van der Waals surface area contributed by atoms with Gasteiger partial charge in [-0.3, -0.25) is 4.79 Å². The van der Waals surface area contributed by atoms with Crippen LogP contribution in [0, 0.1) is 5.92 Å². The molecule has 164 valence electrons. The fourth-order valence-corrected chi connectivity index (χ4v) is 5.09. The normalized spacial score (nSPS) is 18.4. The molecule has 1 aliphatic carbocycles. The molecule has 6 nitrogen and oxygen atoms in total. The smallest absolute Gasteiger partial charge is 0.407 e. The number of rotatable bonds is 7. The molecule has 2 aromatic carbocycles. The Labute approximate surface area is 187 Å². The Balaban J connectivity index is 1.39. The van der Waals surface area contributed by atoms with E-state index in [1.54, 1.807) is 4.90 Å². The lowest BCUT2D eigenvalue weighted by Gasteiger charge is -2.24. The number of fused-ring (bicyclic) bond motifs is 3. The van der Waals surface area contributed by atoms with E-state index in [2.05, 4.69) is 29.6 Å². The molecule has 31 heavy (non-hydrogen) atoms. The molecular formula is C24H28N2O4S. The van der Waals surface area contributed by atoms with Gasteiger partial charge in [-0.2, -0.15) is 11.8 Å². The number of alkyl carbamates (subject to hydrolysis) is 1. The number of nitrogens with one attached hydrogen (secondary N) is 1. The van der Waals surface area contributed by atoms with Crippen LogP contribution in [-0.4, -0.2) is 66.4 Å². The van der Waals surface area contributed by atoms with Crippen molar-refractivity contribution in [3.8, 4) is 11.1 Å². The second-order valence-electron chi connectivity index (χ2n) is 8.10. The van der Waals surface area contributed by atoms with Crippen molar-refractivity contribution >= 4 is 23.8 Å². The van der Waals surface area contributed by atoms with Gasteiger partial charge in [0.2, 0.25) is 5.91 Å². The van der Waals surface area contributed by atoms with Gasteiger partial charge in [-0.25, -0.2) is 4.79 Å². The third kappa shape index (κ3) is 4.57. The number of nitrogens with zero attached hydrogens (tertiary/aromatic N) is 1. The first kappa shape index (κ1) is 21.7. The Morgan fingerprint density at radius 2 is 1.81 bits per heavy atom. The van der Waals surface area contributed by atoms with E-state index in [1.807, 2.05) is 30.5 Å². The third-order valence-electron chi connectivity index (χ3n) is 6.12. The Morgan fingerprint density at radius 3 is 2.39 bits per heavy atom. The topological polar surface area (TPSA) is 78.9 Å². The molecule has 7 heteroatoms. The van der Waals surface area contributed by atoms with E-state index in [-0.39, 0.29) is 31.0 Å². The van der Waals surface area contributed by atoms with Crippen molar-refractivity contribution in [3.05, 3.63) is 59.7 Å². The van der Waals surface area contributed by atoms with Crippen LogP contribution in [0.15, 0.2) is 48.5 Å². The Bertz CT molecular complexity index is 905. The molecule has 0 spiro atoms. The minimum atomic E-state index is -0.636.